The molecule has 0 atom stereocenters. The zero-order chi connectivity index (χ0) is 31.2. The van der Waals surface area contributed by atoms with Gasteiger partial charge in [-0.2, -0.15) is 0 Å². The Kier molecular flexibility index (Phi) is 6.88. The number of nitrogens with zero attached hydrogens (tertiary/aromatic N) is 1. The molecule has 0 spiro atoms. The summed E-state index contributed by atoms with van der Waals surface area (Å²) in [6, 6.07) is 57.2. The fourth-order valence-corrected chi connectivity index (χ4v) is 7.08. The van der Waals surface area contributed by atoms with E-state index in [-0.39, 0.29) is 0 Å². The Hall–Kier alpha value is -5.66. The number of rotatable bonds is 2. The molecule has 0 N–H and O–H groups in total. The van der Waals surface area contributed by atoms with Crippen molar-refractivity contribution in [2.24, 2.45) is 0 Å². The van der Waals surface area contributed by atoms with Crippen LogP contribution in [0.25, 0.3) is 70.9 Å². The van der Waals surface area contributed by atoms with E-state index in [0.717, 1.165) is 0 Å². The number of fused-ring (bicyclic) bond motifs is 9. The molecule has 1 aromatic heterocycles. The Morgan fingerprint density at radius 3 is 1.65 bits per heavy atom. The van der Waals surface area contributed by atoms with E-state index in [0.29, 0.717) is 0 Å². The number of benzene rings is 8. The van der Waals surface area contributed by atoms with Crippen molar-refractivity contribution in [2.75, 3.05) is 0 Å². The second kappa shape index (κ2) is 11.4. The molecule has 0 saturated heterocycles. The zero-order valence-electron chi connectivity index (χ0n) is 26.5. The normalized spacial score (nSPS) is 11.4. The van der Waals surface area contributed by atoms with Gasteiger partial charge in [0.15, 0.2) is 0 Å². The standard InChI is InChI=1S/C38H27N.C7H8/c1-24-11-3-6-14-29(24)34-23-28(20-19-25(34)2)39-36-22-27-13-5-4-12-26(27)21-35(36)37-32-17-9-7-15-30(32)31-16-8-10-18-33(31)38(37)39;1-7-5-3-2-4-6-7/h3-23H,1-2H3;2-6H,1H3. The summed E-state index contributed by atoms with van der Waals surface area (Å²) < 4.78 is 2.51. The minimum absolute atomic E-state index is 1.19. The van der Waals surface area contributed by atoms with Gasteiger partial charge in [-0.05, 0) is 94.2 Å². The van der Waals surface area contributed by atoms with E-state index < -0.39 is 0 Å². The van der Waals surface area contributed by atoms with E-state index in [1.807, 2.05) is 18.2 Å². The molecule has 9 aromatic rings. The minimum atomic E-state index is 1.19. The van der Waals surface area contributed by atoms with Crippen LogP contribution in [0.3, 0.4) is 0 Å². The molecular formula is C45H35N. The molecule has 0 saturated carbocycles. The summed E-state index contributed by atoms with van der Waals surface area (Å²) in [6.45, 7) is 6.50. The molecule has 0 fully saturated rings. The second-order valence-electron chi connectivity index (χ2n) is 12.3. The summed E-state index contributed by atoms with van der Waals surface area (Å²) in [6.07, 6.45) is 0. The van der Waals surface area contributed by atoms with Crippen LogP contribution in [0.2, 0.25) is 0 Å². The van der Waals surface area contributed by atoms with E-state index in [2.05, 4.69) is 165 Å². The summed E-state index contributed by atoms with van der Waals surface area (Å²) in [5.74, 6) is 0. The van der Waals surface area contributed by atoms with Gasteiger partial charge in [0.1, 0.15) is 0 Å². The smallest absolute Gasteiger partial charge is 0.0625 e. The van der Waals surface area contributed by atoms with E-state index in [9.17, 15) is 0 Å². The minimum Gasteiger partial charge on any atom is -0.309 e. The van der Waals surface area contributed by atoms with Crippen LogP contribution < -0.4 is 0 Å². The van der Waals surface area contributed by atoms with Gasteiger partial charge in [0.25, 0.3) is 0 Å². The van der Waals surface area contributed by atoms with Crippen LogP contribution >= 0.6 is 0 Å². The summed E-state index contributed by atoms with van der Waals surface area (Å²) in [7, 11) is 0. The number of hydrogen-bond donors (Lipinski definition) is 0. The molecule has 1 heteroatoms. The molecular weight excluding hydrogens is 555 g/mol. The van der Waals surface area contributed by atoms with Crippen molar-refractivity contribution in [1.82, 2.24) is 4.57 Å². The molecule has 8 aromatic carbocycles. The van der Waals surface area contributed by atoms with Crippen molar-refractivity contribution in [3.8, 4) is 16.8 Å². The van der Waals surface area contributed by atoms with Crippen LogP contribution in [-0.2, 0) is 0 Å². The predicted molar refractivity (Wildman–Crippen MR) is 199 cm³/mol. The lowest BCUT2D eigenvalue weighted by atomic mass is 9.95. The highest BCUT2D eigenvalue weighted by Crippen LogP contribution is 2.44. The Labute approximate surface area is 270 Å². The van der Waals surface area contributed by atoms with Gasteiger partial charge in [0, 0.05) is 21.8 Å². The molecule has 1 nitrogen and oxygen atoms in total. The van der Waals surface area contributed by atoms with Crippen molar-refractivity contribution < 1.29 is 0 Å². The van der Waals surface area contributed by atoms with Gasteiger partial charge in [-0.1, -0.05) is 139 Å². The van der Waals surface area contributed by atoms with Crippen molar-refractivity contribution >= 4 is 54.1 Å². The molecule has 0 radical (unpaired) electrons. The molecule has 0 aliphatic rings. The Morgan fingerprint density at radius 1 is 0.391 bits per heavy atom. The average molecular weight is 590 g/mol. The monoisotopic (exact) mass is 589 g/mol. The SMILES string of the molecule is Cc1ccccc1.Cc1ccccc1-c1cc(-n2c3cc4ccccc4cc3c3c4ccccc4c4ccccc4c32)ccc1C. The summed E-state index contributed by atoms with van der Waals surface area (Å²) in [5.41, 5.74) is 10.2. The molecule has 1 heterocycles. The fourth-order valence-electron chi connectivity index (χ4n) is 7.08. The lowest BCUT2D eigenvalue weighted by Crippen LogP contribution is -1.97. The molecule has 46 heavy (non-hydrogen) atoms. The quantitative estimate of drug-likeness (QED) is 0.177. The van der Waals surface area contributed by atoms with Crippen LogP contribution in [0.15, 0.2) is 158 Å². The van der Waals surface area contributed by atoms with Crippen molar-refractivity contribution in [3.05, 3.63) is 174 Å². The number of aryl methyl sites for hydroxylation is 3. The lowest BCUT2D eigenvalue weighted by molar-refractivity contribution is 1.18. The van der Waals surface area contributed by atoms with Crippen molar-refractivity contribution in [1.29, 1.82) is 0 Å². The van der Waals surface area contributed by atoms with Gasteiger partial charge in [-0.25, -0.2) is 0 Å². The summed E-state index contributed by atoms with van der Waals surface area (Å²) in [4.78, 5) is 0. The third-order valence-corrected chi connectivity index (χ3v) is 9.36. The topological polar surface area (TPSA) is 4.93 Å². The van der Waals surface area contributed by atoms with E-state index in [1.165, 1.54) is 87.6 Å². The van der Waals surface area contributed by atoms with Gasteiger partial charge in [-0.15, -0.1) is 0 Å². The highest BCUT2D eigenvalue weighted by Gasteiger charge is 2.20. The predicted octanol–water partition coefficient (Wildman–Crippen LogP) is 12.5. The first-order valence-electron chi connectivity index (χ1n) is 16.0. The summed E-state index contributed by atoms with van der Waals surface area (Å²) in [5, 5.41) is 10.3. The van der Waals surface area contributed by atoms with Crippen LogP contribution in [0, 0.1) is 20.8 Å². The first kappa shape index (κ1) is 27.9. The van der Waals surface area contributed by atoms with Gasteiger partial charge in [0.2, 0.25) is 0 Å². The maximum atomic E-state index is 2.51. The Morgan fingerprint density at radius 2 is 0.957 bits per heavy atom. The van der Waals surface area contributed by atoms with Crippen LogP contribution in [-0.4, -0.2) is 4.57 Å². The van der Waals surface area contributed by atoms with Gasteiger partial charge in [-0.3, -0.25) is 0 Å². The van der Waals surface area contributed by atoms with Crippen molar-refractivity contribution in [2.45, 2.75) is 20.8 Å². The molecule has 9 rings (SSSR count). The molecule has 0 bridgehead atoms. The second-order valence-corrected chi connectivity index (χ2v) is 12.3. The van der Waals surface area contributed by atoms with E-state index in [1.54, 1.807) is 0 Å². The van der Waals surface area contributed by atoms with Crippen LogP contribution in [0.1, 0.15) is 16.7 Å². The first-order chi connectivity index (χ1) is 22.6. The van der Waals surface area contributed by atoms with Crippen LogP contribution in [0.5, 0.6) is 0 Å². The van der Waals surface area contributed by atoms with E-state index >= 15 is 0 Å². The highest BCUT2D eigenvalue weighted by molar-refractivity contribution is 6.32. The number of aromatic nitrogens is 1. The average Bonchev–Trinajstić information content (AvgIpc) is 3.43. The fraction of sp³-hybridized carbons (Fsp3) is 0.0667. The third kappa shape index (κ3) is 4.64. The largest absolute Gasteiger partial charge is 0.309 e. The highest BCUT2D eigenvalue weighted by atomic mass is 15.0. The van der Waals surface area contributed by atoms with Gasteiger partial charge in [0.05, 0.1) is 11.0 Å². The summed E-state index contributed by atoms with van der Waals surface area (Å²) >= 11 is 0. The van der Waals surface area contributed by atoms with Crippen molar-refractivity contribution in [3.63, 3.8) is 0 Å². The number of hydrogen-bond acceptors (Lipinski definition) is 0. The zero-order valence-corrected chi connectivity index (χ0v) is 26.5. The van der Waals surface area contributed by atoms with Gasteiger partial charge < -0.3 is 4.57 Å². The molecule has 220 valence electrons. The molecule has 0 amide bonds. The maximum Gasteiger partial charge on any atom is 0.0625 e. The van der Waals surface area contributed by atoms with E-state index in [4.69, 9.17) is 0 Å². The third-order valence-electron chi connectivity index (χ3n) is 9.36. The molecule has 0 aliphatic heterocycles. The molecule has 0 aliphatic carbocycles. The first-order valence-corrected chi connectivity index (χ1v) is 16.0. The van der Waals surface area contributed by atoms with Crippen LogP contribution in [0.4, 0.5) is 0 Å². The lowest BCUT2D eigenvalue weighted by Gasteiger charge is -2.15. The Balaban J connectivity index is 0.000000398. The maximum absolute atomic E-state index is 2.51. The molecule has 0 unspecified atom stereocenters. The Bertz CT molecular complexity index is 2550. The van der Waals surface area contributed by atoms with Gasteiger partial charge >= 0.3 is 0 Å².